The highest BCUT2D eigenvalue weighted by Crippen LogP contribution is 2.33. The van der Waals surface area contributed by atoms with E-state index in [4.69, 9.17) is 0 Å². The number of carbonyl (C=O) groups is 1. The van der Waals surface area contributed by atoms with Crippen LogP contribution in [0.4, 0.5) is 19.0 Å². The van der Waals surface area contributed by atoms with Crippen molar-refractivity contribution in [2.75, 3.05) is 36.5 Å². The zero-order valence-electron chi connectivity index (χ0n) is 15.0. The molecule has 2 aliphatic heterocycles. The van der Waals surface area contributed by atoms with Crippen LogP contribution in [0.25, 0.3) is 0 Å². The second kappa shape index (κ2) is 7.42. The number of amides is 1. The highest BCUT2D eigenvalue weighted by atomic mass is 32.2. The maximum absolute atomic E-state index is 12.9. The number of halogens is 3. The molecule has 11 heteroatoms. The summed E-state index contributed by atoms with van der Waals surface area (Å²) >= 11 is 0. The first kappa shape index (κ1) is 20.1. The molecule has 0 aliphatic carbocycles. The summed E-state index contributed by atoms with van der Waals surface area (Å²) in [7, 11) is -3.11. The van der Waals surface area contributed by atoms with Crippen molar-refractivity contribution in [1.82, 2.24) is 14.7 Å². The molecule has 0 spiro atoms. The van der Waals surface area contributed by atoms with Crippen LogP contribution in [0.3, 0.4) is 0 Å². The largest absolute Gasteiger partial charge is 0.393 e. The maximum atomic E-state index is 12.9. The molecule has 1 N–H and O–H groups in total. The summed E-state index contributed by atoms with van der Waals surface area (Å²) in [6.45, 7) is 1.85. The molecule has 0 aromatic carbocycles. The van der Waals surface area contributed by atoms with Crippen molar-refractivity contribution in [1.29, 1.82) is 0 Å². The van der Waals surface area contributed by atoms with E-state index >= 15 is 0 Å². The third-order valence-electron chi connectivity index (χ3n) is 5.02. The summed E-state index contributed by atoms with van der Waals surface area (Å²) in [5.41, 5.74) is 0.629. The third kappa shape index (κ3) is 5.01. The normalized spacial score (nSPS) is 26.2. The molecule has 152 valence electrons. The van der Waals surface area contributed by atoms with Gasteiger partial charge in [-0.25, -0.2) is 13.1 Å². The van der Waals surface area contributed by atoms with Gasteiger partial charge in [0.25, 0.3) is 0 Å². The molecule has 1 aromatic heterocycles. The van der Waals surface area contributed by atoms with Gasteiger partial charge in [-0.3, -0.25) is 9.69 Å². The van der Waals surface area contributed by atoms with Gasteiger partial charge in [0.15, 0.2) is 9.84 Å². The number of nitrogens with one attached hydrogen (secondary N) is 1. The van der Waals surface area contributed by atoms with E-state index in [1.807, 2.05) is 0 Å². The van der Waals surface area contributed by atoms with Gasteiger partial charge >= 0.3 is 6.18 Å². The molecule has 0 saturated carbocycles. The summed E-state index contributed by atoms with van der Waals surface area (Å²) in [5.74, 6) is -1.41. The molecular formula is C16H23F3N4O3S. The quantitative estimate of drug-likeness (QED) is 0.821. The lowest BCUT2D eigenvalue weighted by Gasteiger charge is -2.33. The second-order valence-corrected chi connectivity index (χ2v) is 9.57. The first-order chi connectivity index (χ1) is 12.5. The zero-order valence-corrected chi connectivity index (χ0v) is 15.8. The Kier molecular flexibility index (Phi) is 5.53. The minimum Gasteiger partial charge on any atom is -0.310 e. The third-order valence-corrected chi connectivity index (χ3v) is 6.77. The van der Waals surface area contributed by atoms with Gasteiger partial charge in [-0.05, 0) is 32.7 Å². The fourth-order valence-electron chi connectivity index (χ4n) is 3.71. The Hall–Kier alpha value is -1.62. The Bertz CT molecular complexity index is 806. The van der Waals surface area contributed by atoms with Crippen molar-refractivity contribution in [3.63, 3.8) is 0 Å². The molecule has 27 heavy (non-hydrogen) atoms. The highest BCUT2D eigenvalue weighted by Gasteiger charge is 2.42. The molecule has 3 rings (SSSR count). The Morgan fingerprint density at radius 3 is 2.74 bits per heavy atom. The molecule has 2 aliphatic rings. The van der Waals surface area contributed by atoms with E-state index in [0.717, 1.165) is 0 Å². The fraction of sp³-hybridized carbons (Fsp3) is 0.750. The molecule has 2 fully saturated rings. The summed E-state index contributed by atoms with van der Waals surface area (Å²) in [6, 6.07) is 1.29. The number of carbonyl (C=O) groups excluding carboxylic acids is 1. The van der Waals surface area contributed by atoms with Gasteiger partial charge in [-0.2, -0.15) is 18.3 Å². The van der Waals surface area contributed by atoms with Crippen molar-refractivity contribution in [3.05, 3.63) is 11.8 Å². The van der Waals surface area contributed by atoms with Crippen molar-refractivity contribution < 1.29 is 26.4 Å². The summed E-state index contributed by atoms with van der Waals surface area (Å²) in [5, 5.41) is 6.96. The minimum atomic E-state index is -4.25. The molecule has 2 atom stereocenters. The van der Waals surface area contributed by atoms with E-state index in [9.17, 15) is 26.4 Å². The highest BCUT2D eigenvalue weighted by molar-refractivity contribution is 7.91. The van der Waals surface area contributed by atoms with Crippen LogP contribution < -0.4 is 5.32 Å². The van der Waals surface area contributed by atoms with E-state index < -0.39 is 27.8 Å². The number of aryl methyl sites for hydroxylation is 1. The van der Waals surface area contributed by atoms with Crippen LogP contribution in [-0.4, -0.2) is 66.3 Å². The number of hydrogen-bond acceptors (Lipinski definition) is 5. The van der Waals surface area contributed by atoms with Crippen LogP contribution in [0.15, 0.2) is 6.07 Å². The van der Waals surface area contributed by atoms with Crippen LogP contribution >= 0.6 is 0 Å². The predicted molar refractivity (Wildman–Crippen MR) is 93.1 cm³/mol. The number of aromatic nitrogens is 2. The van der Waals surface area contributed by atoms with E-state index in [2.05, 4.69) is 10.4 Å². The number of hydrogen-bond donors (Lipinski definition) is 1. The van der Waals surface area contributed by atoms with Crippen LogP contribution in [0.2, 0.25) is 0 Å². The van der Waals surface area contributed by atoms with Crippen molar-refractivity contribution in [2.45, 2.75) is 38.4 Å². The van der Waals surface area contributed by atoms with Crippen LogP contribution in [-0.2, 0) is 14.6 Å². The summed E-state index contributed by atoms with van der Waals surface area (Å²) < 4.78 is 63.6. The Morgan fingerprint density at radius 2 is 2.11 bits per heavy atom. The van der Waals surface area contributed by atoms with Crippen molar-refractivity contribution in [3.8, 4) is 0 Å². The average molecular weight is 408 g/mol. The number of alkyl halides is 3. The SMILES string of the molecule is Cc1cc(NC(=O)CN2CCC[C@@H](C(F)(F)F)C2)n([C@@H]2CCS(=O)(=O)C2)n1. The number of piperidine rings is 1. The second-order valence-electron chi connectivity index (χ2n) is 7.34. The average Bonchev–Trinajstić information content (AvgIpc) is 3.08. The molecule has 1 aromatic rings. The van der Waals surface area contributed by atoms with Gasteiger partial charge in [0.1, 0.15) is 5.82 Å². The standard InChI is InChI=1S/C16H23F3N4O3S/c1-11-7-14(23(21-11)13-4-6-27(25,26)10-13)20-15(24)9-22-5-2-3-12(8-22)16(17,18)19/h7,12-13H,2-6,8-10H2,1H3,(H,20,24)/t12-,13-/m1/s1. The molecule has 0 bridgehead atoms. The number of anilines is 1. The van der Waals surface area contributed by atoms with Gasteiger partial charge in [0.05, 0.1) is 35.7 Å². The van der Waals surface area contributed by atoms with Crippen molar-refractivity contribution >= 4 is 21.6 Å². The molecule has 0 radical (unpaired) electrons. The van der Waals surface area contributed by atoms with Crippen LogP contribution in [0, 0.1) is 12.8 Å². The topological polar surface area (TPSA) is 84.3 Å². The van der Waals surface area contributed by atoms with Gasteiger partial charge in [-0.15, -0.1) is 0 Å². The Labute approximate surface area is 155 Å². The van der Waals surface area contributed by atoms with E-state index in [1.165, 1.54) is 9.58 Å². The van der Waals surface area contributed by atoms with Gasteiger partial charge in [0.2, 0.25) is 5.91 Å². The van der Waals surface area contributed by atoms with E-state index in [0.29, 0.717) is 30.9 Å². The smallest absolute Gasteiger partial charge is 0.310 e. The fourth-order valence-corrected chi connectivity index (χ4v) is 5.40. The molecule has 7 nitrogen and oxygen atoms in total. The van der Waals surface area contributed by atoms with Gasteiger partial charge in [0, 0.05) is 12.6 Å². The van der Waals surface area contributed by atoms with Gasteiger partial charge < -0.3 is 5.32 Å². The number of sulfone groups is 1. The Balaban J connectivity index is 1.63. The lowest BCUT2D eigenvalue weighted by Crippen LogP contribution is -2.44. The molecule has 3 heterocycles. The van der Waals surface area contributed by atoms with E-state index in [-0.39, 0.29) is 37.1 Å². The predicted octanol–water partition coefficient (Wildman–Crippen LogP) is 1.76. The molecule has 0 unspecified atom stereocenters. The van der Waals surface area contributed by atoms with Crippen LogP contribution in [0.5, 0.6) is 0 Å². The van der Waals surface area contributed by atoms with E-state index in [1.54, 1.807) is 13.0 Å². The first-order valence-corrected chi connectivity index (χ1v) is 10.7. The molecule has 1 amide bonds. The number of likely N-dealkylation sites (tertiary alicyclic amines) is 1. The monoisotopic (exact) mass is 408 g/mol. The number of nitrogens with zero attached hydrogens (tertiary/aromatic N) is 3. The van der Waals surface area contributed by atoms with Crippen molar-refractivity contribution in [2.24, 2.45) is 5.92 Å². The lowest BCUT2D eigenvalue weighted by molar-refractivity contribution is -0.186. The zero-order chi connectivity index (χ0) is 19.8. The molecular weight excluding hydrogens is 385 g/mol. The maximum Gasteiger partial charge on any atom is 0.393 e. The Morgan fingerprint density at radius 1 is 1.37 bits per heavy atom. The minimum absolute atomic E-state index is 0.0314. The molecule has 2 saturated heterocycles. The summed E-state index contributed by atoms with van der Waals surface area (Å²) in [6.07, 6.45) is -3.34. The lowest BCUT2D eigenvalue weighted by atomic mass is 9.97. The number of rotatable bonds is 4. The van der Waals surface area contributed by atoms with Gasteiger partial charge in [-0.1, -0.05) is 0 Å². The van der Waals surface area contributed by atoms with Crippen LogP contribution in [0.1, 0.15) is 31.0 Å². The first-order valence-electron chi connectivity index (χ1n) is 8.89. The summed E-state index contributed by atoms with van der Waals surface area (Å²) in [4.78, 5) is 13.9.